The average Bonchev–Trinajstić information content (AvgIpc) is 3.18. The normalized spacial score (nSPS) is 15.4. The predicted molar refractivity (Wildman–Crippen MR) is 105 cm³/mol. The summed E-state index contributed by atoms with van der Waals surface area (Å²) in [7, 11) is 2.05. The second-order valence-electron chi connectivity index (χ2n) is 6.76. The first-order valence-corrected chi connectivity index (χ1v) is 9.21. The molecule has 7 nitrogen and oxygen atoms in total. The zero-order valence-corrected chi connectivity index (χ0v) is 15.8. The maximum Gasteiger partial charge on any atom is 0.262 e. The van der Waals surface area contributed by atoms with Gasteiger partial charge >= 0.3 is 0 Å². The van der Waals surface area contributed by atoms with Crippen LogP contribution in [0.25, 0.3) is 10.9 Å². The third-order valence-electron chi connectivity index (χ3n) is 4.91. The van der Waals surface area contributed by atoms with Gasteiger partial charge in [0.1, 0.15) is 5.76 Å². The van der Waals surface area contributed by atoms with Crippen molar-refractivity contribution in [3.8, 4) is 0 Å². The predicted octanol–water partition coefficient (Wildman–Crippen LogP) is 2.09. The van der Waals surface area contributed by atoms with Crippen molar-refractivity contribution < 1.29 is 9.21 Å². The molecule has 4 rings (SSSR count). The molecular formula is C19H20N4O3S. The Labute approximate surface area is 160 Å². The molecule has 1 saturated heterocycles. The van der Waals surface area contributed by atoms with Crippen LogP contribution in [-0.4, -0.2) is 58.5 Å². The van der Waals surface area contributed by atoms with Crippen LogP contribution < -0.4 is 5.56 Å². The van der Waals surface area contributed by atoms with Gasteiger partial charge < -0.3 is 19.2 Å². The fraction of sp³-hybridized carbons (Fsp3) is 0.316. The van der Waals surface area contributed by atoms with Crippen molar-refractivity contribution in [1.82, 2.24) is 19.4 Å². The largest absolute Gasteiger partial charge is 0.467 e. The number of carbonyl (C=O) groups excluding carboxylic acids is 1. The monoisotopic (exact) mass is 384 g/mol. The van der Waals surface area contributed by atoms with Gasteiger partial charge in [-0.25, -0.2) is 0 Å². The number of piperazine rings is 1. The Morgan fingerprint density at radius 2 is 2.00 bits per heavy atom. The lowest BCUT2D eigenvalue weighted by atomic mass is 10.1. The van der Waals surface area contributed by atoms with Crippen LogP contribution in [-0.2, 0) is 6.54 Å². The molecule has 0 unspecified atom stereocenters. The molecule has 0 aliphatic carbocycles. The SMILES string of the molecule is CN1CCN(C(=O)c2ccc3c(=O)n(Cc4ccco4)c(=S)[nH]c3c2)CC1. The molecule has 1 N–H and O–H groups in total. The van der Waals surface area contributed by atoms with E-state index in [0.717, 1.165) is 13.1 Å². The number of amides is 1. The number of furan rings is 1. The number of hydrogen-bond donors (Lipinski definition) is 1. The van der Waals surface area contributed by atoms with E-state index in [1.165, 1.54) is 4.57 Å². The van der Waals surface area contributed by atoms with Crippen molar-refractivity contribution in [3.05, 3.63) is 63.0 Å². The molecule has 0 radical (unpaired) electrons. The molecule has 1 aliphatic rings. The summed E-state index contributed by atoms with van der Waals surface area (Å²) in [6.07, 6.45) is 1.56. The molecule has 1 fully saturated rings. The molecule has 1 amide bonds. The zero-order valence-electron chi connectivity index (χ0n) is 15.0. The van der Waals surface area contributed by atoms with Gasteiger partial charge in [0.2, 0.25) is 0 Å². The van der Waals surface area contributed by atoms with Gasteiger partial charge in [-0.1, -0.05) is 0 Å². The summed E-state index contributed by atoms with van der Waals surface area (Å²) in [5.41, 5.74) is 0.922. The standard InChI is InChI=1S/C19H20N4O3S/c1-21-6-8-22(9-7-21)17(24)13-4-5-15-16(11-13)20-19(27)23(18(15)25)12-14-3-2-10-26-14/h2-5,10-11H,6-9,12H2,1H3,(H,20,27). The summed E-state index contributed by atoms with van der Waals surface area (Å²) in [4.78, 5) is 32.7. The maximum atomic E-state index is 12.8. The lowest BCUT2D eigenvalue weighted by molar-refractivity contribution is 0.0664. The number of fused-ring (bicyclic) bond motifs is 1. The van der Waals surface area contributed by atoms with Crippen LogP contribution in [0.2, 0.25) is 0 Å². The van der Waals surface area contributed by atoms with E-state index < -0.39 is 0 Å². The fourth-order valence-corrected chi connectivity index (χ4v) is 3.54. The van der Waals surface area contributed by atoms with E-state index in [0.29, 0.717) is 40.1 Å². The van der Waals surface area contributed by atoms with Crippen molar-refractivity contribution in [3.63, 3.8) is 0 Å². The Morgan fingerprint density at radius 1 is 1.22 bits per heavy atom. The number of likely N-dealkylation sites (N-methyl/N-ethyl adjacent to an activating group) is 1. The first kappa shape index (κ1) is 17.7. The Hall–Kier alpha value is -2.71. The van der Waals surface area contributed by atoms with Crippen molar-refractivity contribution in [1.29, 1.82) is 0 Å². The van der Waals surface area contributed by atoms with Crippen LogP contribution in [0.5, 0.6) is 0 Å². The van der Waals surface area contributed by atoms with Crippen molar-refractivity contribution in [2.45, 2.75) is 6.54 Å². The molecule has 3 aromatic rings. The molecule has 8 heteroatoms. The number of aromatic nitrogens is 2. The smallest absolute Gasteiger partial charge is 0.262 e. The molecule has 1 aromatic carbocycles. The minimum absolute atomic E-state index is 0.0240. The molecule has 27 heavy (non-hydrogen) atoms. The maximum absolute atomic E-state index is 12.8. The molecule has 140 valence electrons. The number of rotatable bonds is 3. The number of nitrogens with zero attached hydrogens (tertiary/aromatic N) is 3. The Kier molecular flexibility index (Phi) is 4.67. The number of H-pyrrole nitrogens is 1. The van der Waals surface area contributed by atoms with Gasteiger partial charge in [-0.2, -0.15) is 0 Å². The van der Waals surface area contributed by atoms with Crippen LogP contribution in [0.3, 0.4) is 0 Å². The Bertz CT molecular complexity index is 1090. The minimum atomic E-state index is -0.205. The lowest BCUT2D eigenvalue weighted by Gasteiger charge is -2.32. The third kappa shape index (κ3) is 3.45. The van der Waals surface area contributed by atoms with E-state index in [1.54, 1.807) is 36.6 Å². The highest BCUT2D eigenvalue weighted by molar-refractivity contribution is 7.71. The number of benzene rings is 1. The van der Waals surface area contributed by atoms with E-state index in [-0.39, 0.29) is 18.0 Å². The van der Waals surface area contributed by atoms with E-state index in [1.807, 2.05) is 11.9 Å². The minimum Gasteiger partial charge on any atom is -0.467 e. The van der Waals surface area contributed by atoms with E-state index in [4.69, 9.17) is 16.6 Å². The van der Waals surface area contributed by atoms with Gasteiger partial charge in [-0.05, 0) is 49.6 Å². The van der Waals surface area contributed by atoms with Crippen LogP contribution >= 0.6 is 12.2 Å². The first-order chi connectivity index (χ1) is 13.0. The molecule has 3 heterocycles. The Morgan fingerprint density at radius 3 is 2.70 bits per heavy atom. The summed E-state index contributed by atoms with van der Waals surface area (Å²) < 4.78 is 7.07. The summed E-state index contributed by atoms with van der Waals surface area (Å²) in [6, 6.07) is 8.67. The van der Waals surface area contributed by atoms with Crippen molar-refractivity contribution >= 4 is 29.0 Å². The fourth-order valence-electron chi connectivity index (χ4n) is 3.28. The van der Waals surface area contributed by atoms with Crippen LogP contribution in [0.4, 0.5) is 0 Å². The van der Waals surface area contributed by atoms with Gasteiger partial charge in [0, 0.05) is 31.7 Å². The molecule has 0 saturated carbocycles. The highest BCUT2D eigenvalue weighted by Crippen LogP contribution is 2.15. The molecular weight excluding hydrogens is 364 g/mol. The lowest BCUT2D eigenvalue weighted by Crippen LogP contribution is -2.47. The average molecular weight is 384 g/mol. The van der Waals surface area contributed by atoms with Crippen LogP contribution in [0.1, 0.15) is 16.1 Å². The number of nitrogens with one attached hydrogen (secondary N) is 1. The van der Waals surface area contributed by atoms with Gasteiger partial charge in [0.15, 0.2) is 4.77 Å². The van der Waals surface area contributed by atoms with E-state index in [2.05, 4.69) is 9.88 Å². The van der Waals surface area contributed by atoms with Gasteiger partial charge in [-0.15, -0.1) is 0 Å². The number of hydrogen-bond acceptors (Lipinski definition) is 5. The van der Waals surface area contributed by atoms with Gasteiger partial charge in [0.25, 0.3) is 11.5 Å². The van der Waals surface area contributed by atoms with Crippen molar-refractivity contribution in [2.24, 2.45) is 0 Å². The Balaban J connectivity index is 1.68. The van der Waals surface area contributed by atoms with Gasteiger partial charge in [-0.3, -0.25) is 14.2 Å². The molecule has 0 atom stereocenters. The van der Waals surface area contributed by atoms with E-state index >= 15 is 0 Å². The van der Waals surface area contributed by atoms with Crippen molar-refractivity contribution in [2.75, 3.05) is 33.2 Å². The van der Waals surface area contributed by atoms with Crippen LogP contribution in [0.15, 0.2) is 45.8 Å². The second kappa shape index (κ2) is 7.13. The number of carbonyl (C=O) groups is 1. The first-order valence-electron chi connectivity index (χ1n) is 8.80. The third-order valence-corrected chi connectivity index (χ3v) is 5.24. The summed E-state index contributed by atoms with van der Waals surface area (Å²) in [5.74, 6) is 0.627. The van der Waals surface area contributed by atoms with Crippen LogP contribution in [0, 0.1) is 4.77 Å². The number of aromatic amines is 1. The second-order valence-corrected chi connectivity index (χ2v) is 7.14. The van der Waals surface area contributed by atoms with E-state index in [9.17, 15) is 9.59 Å². The highest BCUT2D eigenvalue weighted by atomic mass is 32.1. The molecule has 1 aliphatic heterocycles. The molecule has 0 bridgehead atoms. The summed E-state index contributed by atoms with van der Waals surface area (Å²) in [5, 5.41) is 0.491. The zero-order chi connectivity index (χ0) is 19.0. The van der Waals surface area contributed by atoms with Gasteiger partial charge in [0.05, 0.1) is 23.7 Å². The summed E-state index contributed by atoms with van der Waals surface area (Å²) >= 11 is 5.35. The molecule has 2 aromatic heterocycles. The molecule has 0 spiro atoms. The highest BCUT2D eigenvalue weighted by Gasteiger charge is 2.21. The quantitative estimate of drug-likeness (QED) is 0.700. The topological polar surface area (TPSA) is 74.5 Å². The summed E-state index contributed by atoms with van der Waals surface area (Å²) in [6.45, 7) is 3.39.